The zero-order valence-electron chi connectivity index (χ0n) is 18.8. The van der Waals surface area contributed by atoms with Crippen LogP contribution in [0.4, 0.5) is 21.6 Å². The molecule has 0 saturated carbocycles. The van der Waals surface area contributed by atoms with Gasteiger partial charge in [-0.1, -0.05) is 13.3 Å². The van der Waals surface area contributed by atoms with Crippen molar-refractivity contribution in [3.05, 3.63) is 53.3 Å². The van der Waals surface area contributed by atoms with E-state index in [0.29, 0.717) is 40.5 Å². The first-order valence-corrected chi connectivity index (χ1v) is 10.4. The number of benzene rings is 1. The number of hydrogen-bond acceptors (Lipinski definition) is 7. The summed E-state index contributed by atoms with van der Waals surface area (Å²) < 4.78 is 19.8. The van der Waals surface area contributed by atoms with Crippen LogP contribution in [-0.2, 0) is 4.74 Å². The average Bonchev–Trinajstić information content (AvgIpc) is 2.78. The third kappa shape index (κ3) is 4.37. The van der Waals surface area contributed by atoms with Gasteiger partial charge in [-0.25, -0.2) is 9.37 Å². The van der Waals surface area contributed by atoms with Gasteiger partial charge in [-0.05, 0) is 30.7 Å². The van der Waals surface area contributed by atoms with Crippen LogP contribution in [0.15, 0.2) is 36.3 Å². The number of nitrogen functional groups attached to an aromatic ring is 1. The fourth-order valence-corrected chi connectivity index (χ4v) is 3.78. The Kier molecular flexibility index (Phi) is 6.97. The number of rotatable bonds is 5. The lowest BCUT2D eigenvalue weighted by atomic mass is 10.0. The number of aromatic nitrogens is 1. The number of carbonyl (C=O) groups is 1. The van der Waals surface area contributed by atoms with E-state index in [-0.39, 0.29) is 24.0 Å². The van der Waals surface area contributed by atoms with Crippen molar-refractivity contribution in [1.82, 2.24) is 15.2 Å². The van der Waals surface area contributed by atoms with E-state index in [4.69, 9.17) is 15.9 Å². The quantitative estimate of drug-likeness (QED) is 0.615. The van der Waals surface area contributed by atoms with Crippen LogP contribution in [-0.4, -0.2) is 55.8 Å². The van der Waals surface area contributed by atoms with Crippen LogP contribution in [0.5, 0.6) is 0 Å². The van der Waals surface area contributed by atoms with Crippen molar-refractivity contribution >= 4 is 34.4 Å². The highest BCUT2D eigenvalue weighted by Gasteiger charge is 2.27. The highest BCUT2D eigenvalue weighted by atomic mass is 19.1. The molecule has 2 aromatic rings. The van der Waals surface area contributed by atoms with Gasteiger partial charge < -0.3 is 31.0 Å². The molecule has 0 atom stereocenters. The Morgan fingerprint density at radius 3 is 2.75 bits per heavy atom. The lowest BCUT2D eigenvalue weighted by Gasteiger charge is -2.28. The number of nitrogens with zero attached hydrogens (tertiary/aromatic N) is 3. The van der Waals surface area contributed by atoms with Crippen LogP contribution in [0.3, 0.4) is 0 Å². The molecule has 2 bridgehead atoms. The van der Waals surface area contributed by atoms with Gasteiger partial charge in [-0.3, -0.25) is 4.79 Å². The first-order valence-electron chi connectivity index (χ1n) is 10.4. The maximum absolute atomic E-state index is 14.3. The van der Waals surface area contributed by atoms with Gasteiger partial charge in [0.1, 0.15) is 11.6 Å². The lowest BCUT2D eigenvalue weighted by Crippen LogP contribution is -2.34. The predicted octanol–water partition coefficient (Wildman–Crippen LogP) is 3.38. The summed E-state index contributed by atoms with van der Waals surface area (Å²) in [6.07, 6.45) is 3.26. The Hall–Kier alpha value is -3.62. The molecule has 0 fully saturated rings. The molecular weight excluding hydrogens is 411 g/mol. The molecule has 3 rings (SSSR count). The van der Waals surface area contributed by atoms with Gasteiger partial charge in [0, 0.05) is 32.4 Å². The van der Waals surface area contributed by atoms with E-state index in [9.17, 15) is 9.18 Å². The van der Waals surface area contributed by atoms with E-state index < -0.39 is 5.82 Å². The van der Waals surface area contributed by atoms with Crippen LogP contribution in [0, 0.1) is 11.2 Å². The molecule has 1 aliphatic rings. The molecule has 4 N–H and O–H groups in total. The molecular formula is C23H29FN6O2. The van der Waals surface area contributed by atoms with E-state index in [1.54, 1.807) is 20.3 Å². The van der Waals surface area contributed by atoms with Crippen LogP contribution >= 0.6 is 0 Å². The standard InChI is InChI=1S/C23H29FN6O2/c1-5-6-9-30-18-11-15(24)7-8-16(18)23(31)29(3)13-17(25)20(22(27-2)32-4)14-10-19(30)21(26)28-12-14/h7-8,10-12,25,27H,5-6,9,13H2,1-4H3,(H2,26,28)/b22-20+,25-17?. The molecule has 170 valence electrons. The van der Waals surface area contributed by atoms with E-state index in [1.165, 1.54) is 30.2 Å². The van der Waals surface area contributed by atoms with E-state index in [2.05, 4.69) is 17.2 Å². The second-order valence-electron chi connectivity index (χ2n) is 7.59. The monoisotopic (exact) mass is 440 g/mol. The van der Waals surface area contributed by atoms with Crippen molar-refractivity contribution in [3.8, 4) is 0 Å². The summed E-state index contributed by atoms with van der Waals surface area (Å²) in [5.74, 6) is -0.162. The minimum absolute atomic E-state index is 0.0220. The van der Waals surface area contributed by atoms with Crippen molar-refractivity contribution in [1.29, 1.82) is 5.41 Å². The van der Waals surface area contributed by atoms with Crippen LogP contribution in [0.25, 0.3) is 5.57 Å². The van der Waals surface area contributed by atoms with Crippen molar-refractivity contribution in [2.24, 2.45) is 0 Å². The average molecular weight is 441 g/mol. The number of ether oxygens (including phenoxy) is 1. The number of anilines is 3. The number of nitrogens with two attached hydrogens (primary N) is 1. The number of pyridine rings is 1. The largest absolute Gasteiger partial charge is 0.482 e. The Labute approximate surface area is 187 Å². The first-order chi connectivity index (χ1) is 15.3. The molecule has 8 nitrogen and oxygen atoms in total. The highest BCUT2D eigenvalue weighted by molar-refractivity contribution is 6.24. The number of halogens is 1. The molecule has 0 saturated heterocycles. The molecule has 9 heteroatoms. The molecule has 1 aromatic carbocycles. The normalized spacial score (nSPS) is 15.8. The number of nitrogens with one attached hydrogen (secondary N) is 2. The molecule has 1 amide bonds. The van der Waals surface area contributed by atoms with Gasteiger partial charge in [0.05, 0.1) is 41.9 Å². The molecule has 0 unspecified atom stereocenters. The van der Waals surface area contributed by atoms with Gasteiger partial charge >= 0.3 is 0 Å². The number of unbranched alkanes of at least 4 members (excludes halogenated alkanes) is 1. The number of methoxy groups -OCH3 is 1. The summed E-state index contributed by atoms with van der Waals surface area (Å²) >= 11 is 0. The Morgan fingerprint density at radius 2 is 2.09 bits per heavy atom. The van der Waals surface area contributed by atoms with Gasteiger partial charge in [0.2, 0.25) is 0 Å². The van der Waals surface area contributed by atoms with Crippen molar-refractivity contribution in [2.45, 2.75) is 19.8 Å². The number of hydrogen-bond donors (Lipinski definition) is 3. The van der Waals surface area contributed by atoms with E-state index in [1.807, 2.05) is 11.0 Å². The molecule has 0 spiro atoms. The van der Waals surface area contributed by atoms with Crippen LogP contribution < -0.4 is 16.0 Å². The van der Waals surface area contributed by atoms with Gasteiger partial charge in [-0.15, -0.1) is 0 Å². The second-order valence-corrected chi connectivity index (χ2v) is 7.59. The molecule has 1 aromatic heterocycles. The first kappa shape index (κ1) is 23.1. The number of fused-ring (bicyclic) bond motifs is 3. The molecule has 0 aliphatic carbocycles. The third-order valence-corrected chi connectivity index (χ3v) is 5.40. The summed E-state index contributed by atoms with van der Waals surface area (Å²) in [4.78, 5) is 21.0. The Morgan fingerprint density at radius 1 is 1.34 bits per heavy atom. The van der Waals surface area contributed by atoms with Crippen LogP contribution in [0.1, 0.15) is 35.7 Å². The maximum atomic E-state index is 14.3. The van der Waals surface area contributed by atoms with Crippen molar-refractivity contribution < 1.29 is 13.9 Å². The molecule has 2 heterocycles. The fraction of sp³-hybridized carbons (Fsp3) is 0.348. The third-order valence-electron chi connectivity index (χ3n) is 5.40. The summed E-state index contributed by atoms with van der Waals surface area (Å²) in [5, 5.41) is 11.7. The molecule has 1 aliphatic heterocycles. The number of amides is 1. The number of carbonyl (C=O) groups excluding carboxylic acids is 1. The zero-order valence-corrected chi connectivity index (χ0v) is 18.8. The molecule has 32 heavy (non-hydrogen) atoms. The highest BCUT2D eigenvalue weighted by Crippen LogP contribution is 2.36. The van der Waals surface area contributed by atoms with Crippen LogP contribution in [0.2, 0.25) is 0 Å². The summed E-state index contributed by atoms with van der Waals surface area (Å²) in [6, 6.07) is 5.89. The fourth-order valence-electron chi connectivity index (χ4n) is 3.78. The summed E-state index contributed by atoms with van der Waals surface area (Å²) in [5.41, 5.74) is 8.79. The van der Waals surface area contributed by atoms with Crippen molar-refractivity contribution in [3.63, 3.8) is 0 Å². The zero-order chi connectivity index (χ0) is 23.4. The van der Waals surface area contributed by atoms with Gasteiger partial charge in [-0.2, -0.15) is 0 Å². The van der Waals surface area contributed by atoms with E-state index >= 15 is 0 Å². The second kappa shape index (κ2) is 9.67. The Bertz CT molecular complexity index is 1060. The SMILES string of the molecule is CCCCN1c2cc(F)ccc2C(=O)N(C)CC(=N)/C(=C(\NC)OC)c2cnc(N)c1c2. The smallest absolute Gasteiger partial charge is 0.256 e. The molecule has 0 radical (unpaired) electrons. The lowest BCUT2D eigenvalue weighted by molar-refractivity contribution is 0.0815. The van der Waals surface area contributed by atoms with Gasteiger partial charge in [0.15, 0.2) is 5.88 Å². The van der Waals surface area contributed by atoms with Crippen molar-refractivity contribution in [2.75, 3.05) is 44.9 Å². The topological polar surface area (TPSA) is 108 Å². The minimum atomic E-state index is -0.455. The summed E-state index contributed by atoms with van der Waals surface area (Å²) in [7, 11) is 4.81. The Balaban J connectivity index is 2.37. The predicted molar refractivity (Wildman–Crippen MR) is 125 cm³/mol. The van der Waals surface area contributed by atoms with E-state index in [0.717, 1.165) is 12.8 Å². The summed E-state index contributed by atoms with van der Waals surface area (Å²) in [6.45, 7) is 2.59. The maximum Gasteiger partial charge on any atom is 0.256 e. The van der Waals surface area contributed by atoms with Gasteiger partial charge in [0.25, 0.3) is 5.91 Å². The minimum Gasteiger partial charge on any atom is -0.482 e.